The number of benzene rings is 3. The molecule has 2 heteroatoms. The van der Waals surface area contributed by atoms with Gasteiger partial charge < -0.3 is 9.47 Å². The first-order chi connectivity index (χ1) is 10.9. The van der Waals surface area contributed by atoms with Gasteiger partial charge in [-0.3, -0.25) is 0 Å². The van der Waals surface area contributed by atoms with Gasteiger partial charge in [-0.25, -0.2) is 0 Å². The maximum atomic E-state index is 5.50. The molecule has 0 bridgehead atoms. The molecule has 5 rings (SSSR count). The normalized spacial score (nSPS) is 23.1. The SMILES string of the molecule is c1ccc2c(CC3CO3)c3ccccc3c(CC3CO3)c2c1. The summed E-state index contributed by atoms with van der Waals surface area (Å²) in [6, 6.07) is 17.6. The fourth-order valence-corrected chi connectivity index (χ4v) is 3.58. The summed E-state index contributed by atoms with van der Waals surface area (Å²) >= 11 is 0. The molecule has 22 heavy (non-hydrogen) atoms. The Hall–Kier alpha value is -1.90. The average Bonchev–Trinajstić information content (AvgIpc) is 3.45. The summed E-state index contributed by atoms with van der Waals surface area (Å²) in [5, 5.41) is 5.53. The van der Waals surface area contributed by atoms with Gasteiger partial charge in [0.15, 0.2) is 0 Å². The van der Waals surface area contributed by atoms with Gasteiger partial charge in [0.1, 0.15) is 0 Å². The zero-order chi connectivity index (χ0) is 14.5. The van der Waals surface area contributed by atoms with Crippen molar-refractivity contribution in [2.75, 3.05) is 13.2 Å². The van der Waals surface area contributed by atoms with Gasteiger partial charge in [0, 0.05) is 12.8 Å². The fourth-order valence-electron chi connectivity index (χ4n) is 3.58. The number of rotatable bonds is 4. The molecular formula is C20H18O2. The van der Waals surface area contributed by atoms with Gasteiger partial charge in [0.05, 0.1) is 25.4 Å². The molecule has 0 saturated carbocycles. The van der Waals surface area contributed by atoms with Crippen molar-refractivity contribution in [3.63, 3.8) is 0 Å². The maximum Gasteiger partial charge on any atom is 0.0850 e. The lowest BCUT2D eigenvalue weighted by Gasteiger charge is -2.16. The van der Waals surface area contributed by atoms with E-state index >= 15 is 0 Å². The summed E-state index contributed by atoms with van der Waals surface area (Å²) in [6.07, 6.45) is 2.84. The first kappa shape index (κ1) is 12.6. The highest BCUT2D eigenvalue weighted by Gasteiger charge is 2.28. The number of ether oxygens (including phenoxy) is 2. The second kappa shape index (κ2) is 4.80. The monoisotopic (exact) mass is 290 g/mol. The van der Waals surface area contributed by atoms with Crippen LogP contribution in [0.25, 0.3) is 21.5 Å². The van der Waals surface area contributed by atoms with Crippen LogP contribution in [0.4, 0.5) is 0 Å². The first-order valence-electron chi connectivity index (χ1n) is 8.04. The minimum Gasteiger partial charge on any atom is -0.373 e. The topological polar surface area (TPSA) is 25.1 Å². The largest absolute Gasteiger partial charge is 0.373 e. The van der Waals surface area contributed by atoms with Crippen LogP contribution in [0, 0.1) is 0 Å². The summed E-state index contributed by atoms with van der Waals surface area (Å²) in [4.78, 5) is 0. The van der Waals surface area contributed by atoms with Crippen LogP contribution in [0.15, 0.2) is 48.5 Å². The van der Waals surface area contributed by atoms with Crippen LogP contribution in [-0.2, 0) is 22.3 Å². The second-order valence-corrected chi connectivity index (χ2v) is 6.37. The van der Waals surface area contributed by atoms with Crippen LogP contribution in [0.5, 0.6) is 0 Å². The van der Waals surface area contributed by atoms with E-state index in [0.717, 1.165) is 26.1 Å². The molecular weight excluding hydrogens is 272 g/mol. The minimum absolute atomic E-state index is 0.407. The van der Waals surface area contributed by atoms with Crippen LogP contribution in [0.1, 0.15) is 11.1 Å². The summed E-state index contributed by atoms with van der Waals surface area (Å²) in [5.41, 5.74) is 2.88. The van der Waals surface area contributed by atoms with Crippen LogP contribution in [0.2, 0.25) is 0 Å². The van der Waals surface area contributed by atoms with Crippen molar-refractivity contribution in [2.24, 2.45) is 0 Å². The molecule has 0 N–H and O–H groups in total. The lowest BCUT2D eigenvalue weighted by atomic mass is 9.88. The van der Waals surface area contributed by atoms with Crippen LogP contribution in [-0.4, -0.2) is 25.4 Å². The standard InChI is InChI=1S/C20H18O2/c1-2-6-16-15(5-1)19(9-13-11-21-13)17-7-3-4-8-18(17)20(16)10-14-12-22-14/h1-8,13-14H,9-12H2. The molecule has 3 aromatic carbocycles. The lowest BCUT2D eigenvalue weighted by Crippen LogP contribution is -2.01. The summed E-state index contributed by atoms with van der Waals surface area (Å²) in [7, 11) is 0. The van der Waals surface area contributed by atoms with E-state index in [1.807, 2.05) is 0 Å². The van der Waals surface area contributed by atoms with Crippen molar-refractivity contribution in [3.8, 4) is 0 Å². The van der Waals surface area contributed by atoms with Crippen molar-refractivity contribution in [3.05, 3.63) is 59.7 Å². The Balaban J connectivity index is 1.84. The second-order valence-electron chi connectivity index (χ2n) is 6.37. The molecule has 0 aromatic heterocycles. The zero-order valence-electron chi connectivity index (χ0n) is 12.4. The Bertz CT molecular complexity index is 731. The van der Waals surface area contributed by atoms with E-state index in [0.29, 0.717) is 12.2 Å². The summed E-state index contributed by atoms with van der Waals surface area (Å²) in [6.45, 7) is 1.81. The van der Waals surface area contributed by atoms with Crippen molar-refractivity contribution < 1.29 is 9.47 Å². The van der Waals surface area contributed by atoms with E-state index in [4.69, 9.17) is 9.47 Å². The van der Waals surface area contributed by atoms with Gasteiger partial charge in [-0.05, 0) is 32.7 Å². The Kier molecular flexibility index (Phi) is 2.76. The van der Waals surface area contributed by atoms with Gasteiger partial charge in [-0.1, -0.05) is 48.5 Å². The number of hydrogen-bond donors (Lipinski definition) is 0. The molecule has 2 atom stereocenters. The predicted molar refractivity (Wildman–Crippen MR) is 88.3 cm³/mol. The number of epoxide rings is 2. The molecule has 110 valence electrons. The molecule has 2 aliphatic rings. The quantitative estimate of drug-likeness (QED) is 0.538. The maximum absolute atomic E-state index is 5.50. The molecule has 0 radical (unpaired) electrons. The third-order valence-corrected chi connectivity index (χ3v) is 4.82. The third kappa shape index (κ3) is 2.11. The summed E-state index contributed by atoms with van der Waals surface area (Å²) in [5.74, 6) is 0. The molecule has 0 spiro atoms. The predicted octanol–water partition coefficient (Wildman–Crippen LogP) is 3.88. The highest BCUT2D eigenvalue weighted by Crippen LogP contribution is 2.36. The average molecular weight is 290 g/mol. The molecule has 2 unspecified atom stereocenters. The molecule has 2 aliphatic heterocycles. The summed E-state index contributed by atoms with van der Waals surface area (Å²) < 4.78 is 11.0. The van der Waals surface area contributed by atoms with Crippen molar-refractivity contribution in [2.45, 2.75) is 25.0 Å². The molecule has 3 aromatic rings. The van der Waals surface area contributed by atoms with Gasteiger partial charge in [0.25, 0.3) is 0 Å². The number of hydrogen-bond acceptors (Lipinski definition) is 2. The molecule has 0 aliphatic carbocycles. The molecule has 2 nitrogen and oxygen atoms in total. The highest BCUT2D eigenvalue weighted by atomic mass is 16.6. The first-order valence-corrected chi connectivity index (χ1v) is 8.04. The van der Waals surface area contributed by atoms with Gasteiger partial charge >= 0.3 is 0 Å². The highest BCUT2D eigenvalue weighted by molar-refractivity contribution is 6.06. The van der Waals surface area contributed by atoms with Crippen molar-refractivity contribution in [1.82, 2.24) is 0 Å². The van der Waals surface area contributed by atoms with Gasteiger partial charge in [0.2, 0.25) is 0 Å². The Morgan fingerprint density at radius 3 is 1.23 bits per heavy atom. The van der Waals surface area contributed by atoms with E-state index in [1.165, 1.54) is 32.7 Å². The lowest BCUT2D eigenvalue weighted by molar-refractivity contribution is 0.407. The Morgan fingerprint density at radius 1 is 0.636 bits per heavy atom. The van der Waals surface area contributed by atoms with E-state index in [-0.39, 0.29) is 0 Å². The smallest absolute Gasteiger partial charge is 0.0850 e. The van der Waals surface area contributed by atoms with Gasteiger partial charge in [-0.15, -0.1) is 0 Å². The minimum atomic E-state index is 0.407. The van der Waals surface area contributed by atoms with Crippen LogP contribution < -0.4 is 0 Å². The molecule has 2 saturated heterocycles. The van der Waals surface area contributed by atoms with Crippen LogP contribution >= 0.6 is 0 Å². The third-order valence-electron chi connectivity index (χ3n) is 4.82. The van der Waals surface area contributed by atoms with E-state index in [1.54, 1.807) is 0 Å². The Labute approximate surface area is 129 Å². The Morgan fingerprint density at radius 2 is 0.955 bits per heavy atom. The fraction of sp³-hybridized carbons (Fsp3) is 0.300. The van der Waals surface area contributed by atoms with E-state index in [9.17, 15) is 0 Å². The molecule has 0 amide bonds. The van der Waals surface area contributed by atoms with Gasteiger partial charge in [-0.2, -0.15) is 0 Å². The molecule has 2 heterocycles. The van der Waals surface area contributed by atoms with Crippen molar-refractivity contribution in [1.29, 1.82) is 0 Å². The number of fused-ring (bicyclic) bond motifs is 2. The van der Waals surface area contributed by atoms with E-state index < -0.39 is 0 Å². The molecule has 2 fully saturated rings. The van der Waals surface area contributed by atoms with E-state index in [2.05, 4.69) is 48.5 Å². The zero-order valence-corrected chi connectivity index (χ0v) is 12.4. The van der Waals surface area contributed by atoms with Crippen molar-refractivity contribution >= 4 is 21.5 Å². The van der Waals surface area contributed by atoms with Crippen LogP contribution in [0.3, 0.4) is 0 Å².